The van der Waals surface area contributed by atoms with Gasteiger partial charge in [0.2, 0.25) is 23.1 Å². The summed E-state index contributed by atoms with van der Waals surface area (Å²) in [7, 11) is 2.70. The van der Waals surface area contributed by atoms with Crippen LogP contribution in [0.2, 0.25) is 6.32 Å². The lowest BCUT2D eigenvalue weighted by Gasteiger charge is -2.32. The Morgan fingerprint density at radius 3 is 1.66 bits per heavy atom. The van der Waals surface area contributed by atoms with Gasteiger partial charge >= 0.3 is 7.12 Å². The quantitative estimate of drug-likeness (QED) is 0.209. The van der Waals surface area contributed by atoms with Crippen LogP contribution in [0.4, 0.5) is 0 Å². The molecule has 0 unspecified atom stereocenters. The van der Waals surface area contributed by atoms with Crippen molar-refractivity contribution >= 4 is 18.7 Å². The lowest BCUT2D eigenvalue weighted by atomic mass is 9.82. The first kappa shape index (κ1) is 26.7. The van der Waals surface area contributed by atoms with Crippen LogP contribution in [-0.2, 0) is 28.4 Å². The molecule has 7 heteroatoms. The summed E-state index contributed by atoms with van der Waals surface area (Å²) in [6.07, 6.45) is 10.6. The molecule has 2 aliphatic rings. The van der Waals surface area contributed by atoms with Gasteiger partial charge in [0.1, 0.15) is 0 Å². The molecule has 0 amide bonds. The molecular formula is C25H41BO6. The van der Waals surface area contributed by atoms with E-state index in [0.717, 1.165) is 32.0 Å². The molecule has 6 nitrogen and oxygen atoms in total. The third kappa shape index (κ3) is 6.25. The zero-order chi connectivity index (χ0) is 23.9. The topological polar surface area (TPSA) is 71.1 Å². The number of rotatable bonds is 13. The summed E-state index contributed by atoms with van der Waals surface area (Å²) in [5.74, 6) is -0.432. The fraction of sp³-hybridized carbons (Fsp3) is 0.760. The molecule has 180 valence electrons. The number of methoxy groups -OCH3 is 2. The van der Waals surface area contributed by atoms with E-state index in [9.17, 15) is 9.59 Å². The van der Waals surface area contributed by atoms with E-state index in [1.807, 2.05) is 0 Å². The van der Waals surface area contributed by atoms with Gasteiger partial charge in [0, 0.05) is 11.1 Å². The minimum Gasteiger partial charge on any atom is -0.489 e. The highest BCUT2D eigenvalue weighted by atomic mass is 16.7. The van der Waals surface area contributed by atoms with E-state index < -0.39 is 0 Å². The predicted octanol–water partition coefficient (Wildman–Crippen LogP) is 5.56. The molecule has 0 aromatic heterocycles. The average molecular weight is 448 g/mol. The van der Waals surface area contributed by atoms with Crippen LogP contribution >= 0.6 is 0 Å². The second kappa shape index (κ2) is 11.5. The number of hydrogen-bond acceptors (Lipinski definition) is 6. The Morgan fingerprint density at radius 2 is 1.16 bits per heavy atom. The largest absolute Gasteiger partial charge is 0.489 e. The first-order chi connectivity index (χ1) is 15.1. The van der Waals surface area contributed by atoms with E-state index in [0.29, 0.717) is 17.6 Å². The molecule has 0 spiro atoms. The maximum Gasteiger partial charge on any atom is 0.457 e. The summed E-state index contributed by atoms with van der Waals surface area (Å²) < 4.78 is 22.3. The van der Waals surface area contributed by atoms with Crippen LogP contribution in [-0.4, -0.2) is 44.1 Å². The fourth-order valence-corrected chi connectivity index (χ4v) is 4.25. The number of unbranched alkanes of at least 4 members (excludes halogenated alkanes) is 7. The molecule has 1 aliphatic heterocycles. The van der Waals surface area contributed by atoms with Gasteiger partial charge in [-0.3, -0.25) is 9.59 Å². The summed E-state index contributed by atoms with van der Waals surface area (Å²) in [5, 5.41) is 0. The van der Waals surface area contributed by atoms with Gasteiger partial charge in [0.25, 0.3) is 0 Å². The Morgan fingerprint density at radius 1 is 0.719 bits per heavy atom. The molecule has 0 atom stereocenters. The van der Waals surface area contributed by atoms with Crippen molar-refractivity contribution in [2.45, 2.75) is 110 Å². The number of hydrogen-bond donors (Lipinski definition) is 0. The minimum atomic E-state index is -0.250. The third-order valence-electron chi connectivity index (χ3n) is 7.01. The van der Waals surface area contributed by atoms with Gasteiger partial charge < -0.3 is 18.8 Å². The Balaban J connectivity index is 1.57. The molecule has 1 saturated heterocycles. The number of allylic oxidation sites excluding steroid dienone is 2. The molecule has 1 heterocycles. The number of ether oxygens (including phenoxy) is 2. The zero-order valence-electron chi connectivity index (χ0n) is 21.1. The predicted molar refractivity (Wildman–Crippen MR) is 126 cm³/mol. The van der Waals surface area contributed by atoms with Crippen molar-refractivity contribution in [2.75, 3.05) is 14.2 Å². The highest BCUT2D eigenvalue weighted by molar-refractivity contribution is 6.45. The van der Waals surface area contributed by atoms with E-state index in [-0.39, 0.29) is 41.4 Å². The first-order valence-corrected chi connectivity index (χ1v) is 12.0. The highest BCUT2D eigenvalue weighted by Gasteiger charge is 2.50. The number of Topliss-reactive ketones (excluding diaryl/α,β-unsaturated/α-hetero) is 2. The van der Waals surface area contributed by atoms with Gasteiger partial charge in [-0.2, -0.15) is 0 Å². The van der Waals surface area contributed by atoms with Gasteiger partial charge in [-0.25, -0.2) is 0 Å². The Kier molecular flexibility index (Phi) is 9.59. The molecule has 0 saturated carbocycles. The Hall–Kier alpha value is -1.60. The summed E-state index contributed by atoms with van der Waals surface area (Å²) >= 11 is 0. The molecule has 2 rings (SSSR count). The standard InChI is InChI=1S/C25H41BO6/c1-18-19(21(28)23(30-7)22(29-6)20(18)27)16-14-12-10-8-9-11-13-15-17-26-31-24(2,3)25(4,5)32-26/h8-17H2,1-7H3. The van der Waals surface area contributed by atoms with Crippen molar-refractivity contribution in [3.63, 3.8) is 0 Å². The number of ketones is 2. The van der Waals surface area contributed by atoms with Crippen molar-refractivity contribution < 1.29 is 28.4 Å². The van der Waals surface area contributed by atoms with E-state index in [1.54, 1.807) is 6.92 Å². The summed E-state index contributed by atoms with van der Waals surface area (Å²) in [6.45, 7) is 10.1. The maximum atomic E-state index is 12.6. The van der Waals surface area contributed by atoms with Crippen LogP contribution in [0.15, 0.2) is 22.7 Å². The van der Waals surface area contributed by atoms with Crippen molar-refractivity contribution in [3.8, 4) is 0 Å². The van der Waals surface area contributed by atoms with Gasteiger partial charge in [-0.1, -0.05) is 44.9 Å². The highest BCUT2D eigenvalue weighted by Crippen LogP contribution is 2.38. The Labute approximate surface area is 194 Å². The first-order valence-electron chi connectivity index (χ1n) is 12.0. The second-order valence-electron chi connectivity index (χ2n) is 9.88. The van der Waals surface area contributed by atoms with Gasteiger partial charge in [-0.15, -0.1) is 0 Å². The van der Waals surface area contributed by atoms with Crippen molar-refractivity contribution in [1.29, 1.82) is 0 Å². The summed E-state index contributed by atoms with van der Waals surface area (Å²) in [6, 6.07) is 0. The molecule has 0 aromatic carbocycles. The van der Waals surface area contributed by atoms with E-state index in [1.165, 1.54) is 39.9 Å². The summed E-state index contributed by atoms with van der Waals surface area (Å²) in [5.41, 5.74) is 0.565. The van der Waals surface area contributed by atoms with Crippen molar-refractivity contribution in [1.82, 2.24) is 0 Å². The molecular weight excluding hydrogens is 407 g/mol. The Bertz CT molecular complexity index is 734. The van der Waals surface area contributed by atoms with Crippen LogP contribution < -0.4 is 0 Å². The average Bonchev–Trinajstić information content (AvgIpc) is 2.94. The van der Waals surface area contributed by atoms with Crippen LogP contribution in [0.5, 0.6) is 0 Å². The smallest absolute Gasteiger partial charge is 0.457 e. The van der Waals surface area contributed by atoms with Gasteiger partial charge in [-0.05, 0) is 53.8 Å². The lowest BCUT2D eigenvalue weighted by molar-refractivity contribution is -0.121. The normalized spacial score (nSPS) is 20.4. The van der Waals surface area contributed by atoms with Gasteiger partial charge in [0.05, 0.1) is 25.4 Å². The van der Waals surface area contributed by atoms with E-state index in [2.05, 4.69) is 27.7 Å². The van der Waals surface area contributed by atoms with E-state index >= 15 is 0 Å². The minimum absolute atomic E-state index is 0.0113. The molecule has 0 bridgehead atoms. The van der Waals surface area contributed by atoms with Crippen LogP contribution in [0, 0.1) is 0 Å². The van der Waals surface area contributed by atoms with E-state index in [4.69, 9.17) is 18.8 Å². The van der Waals surface area contributed by atoms with Crippen molar-refractivity contribution in [3.05, 3.63) is 22.7 Å². The van der Waals surface area contributed by atoms with Crippen LogP contribution in [0.25, 0.3) is 0 Å². The molecule has 0 N–H and O–H groups in total. The molecule has 1 fully saturated rings. The molecule has 0 radical (unpaired) electrons. The fourth-order valence-electron chi connectivity index (χ4n) is 4.25. The molecule has 32 heavy (non-hydrogen) atoms. The van der Waals surface area contributed by atoms with Gasteiger partial charge in [0.15, 0.2) is 0 Å². The lowest BCUT2D eigenvalue weighted by Crippen LogP contribution is -2.41. The zero-order valence-corrected chi connectivity index (χ0v) is 21.1. The molecule has 0 aromatic rings. The third-order valence-corrected chi connectivity index (χ3v) is 7.01. The van der Waals surface area contributed by atoms with Crippen LogP contribution in [0.1, 0.15) is 92.4 Å². The van der Waals surface area contributed by atoms with Crippen molar-refractivity contribution in [2.24, 2.45) is 0 Å². The molecule has 1 aliphatic carbocycles. The number of carbonyl (C=O) groups is 2. The summed E-state index contributed by atoms with van der Waals surface area (Å²) in [4.78, 5) is 25.0. The number of carbonyl (C=O) groups excluding carboxylic acids is 2. The monoisotopic (exact) mass is 448 g/mol. The van der Waals surface area contributed by atoms with Crippen LogP contribution in [0.3, 0.4) is 0 Å². The second-order valence-corrected chi connectivity index (χ2v) is 9.88. The SMILES string of the molecule is COC1=C(OC)C(=O)C(CCCCCCCCCCB2OC(C)(C)C(C)(C)O2)=C(C)C1=O. The maximum absolute atomic E-state index is 12.6.